The summed E-state index contributed by atoms with van der Waals surface area (Å²) in [5.41, 5.74) is 1.08. The summed E-state index contributed by atoms with van der Waals surface area (Å²) < 4.78 is 6.14. The first kappa shape index (κ1) is 14.0. The fraction of sp³-hybridized carbons (Fsp3) is 0.500. The van der Waals surface area contributed by atoms with Crippen LogP contribution >= 0.6 is 38.9 Å². The summed E-state index contributed by atoms with van der Waals surface area (Å²) in [6, 6.07) is 1.86. The average molecular weight is 327 g/mol. The van der Waals surface area contributed by atoms with Gasteiger partial charge in [-0.15, -0.1) is 22.9 Å². The highest BCUT2D eigenvalue weighted by atomic mass is 79.9. The largest absolute Gasteiger partial charge is 0.378 e. The lowest BCUT2D eigenvalue weighted by atomic mass is 10.3. The predicted octanol–water partition coefficient (Wildman–Crippen LogP) is 2.80. The van der Waals surface area contributed by atoms with E-state index in [2.05, 4.69) is 21.2 Å². The van der Waals surface area contributed by atoms with Gasteiger partial charge < -0.3 is 10.1 Å². The van der Waals surface area contributed by atoms with Gasteiger partial charge in [0, 0.05) is 12.4 Å². The quantitative estimate of drug-likeness (QED) is 0.645. The number of amides is 1. The van der Waals surface area contributed by atoms with Crippen LogP contribution in [0.1, 0.15) is 15.2 Å². The molecule has 0 fully saturated rings. The Balaban J connectivity index is 2.30. The van der Waals surface area contributed by atoms with Crippen LogP contribution in [0.3, 0.4) is 0 Å². The van der Waals surface area contributed by atoms with Gasteiger partial charge in [0.15, 0.2) is 0 Å². The molecule has 0 bridgehead atoms. The maximum Gasteiger partial charge on any atom is 0.261 e. The van der Waals surface area contributed by atoms with Crippen LogP contribution in [0.5, 0.6) is 0 Å². The lowest BCUT2D eigenvalue weighted by molar-refractivity contribution is 0.0927. The molecule has 16 heavy (non-hydrogen) atoms. The Hall–Kier alpha value is -0.100. The van der Waals surface area contributed by atoms with E-state index >= 15 is 0 Å². The van der Waals surface area contributed by atoms with E-state index < -0.39 is 0 Å². The summed E-state index contributed by atoms with van der Waals surface area (Å²) in [4.78, 5) is 12.3. The normalized spacial score (nSPS) is 10.4. The van der Waals surface area contributed by atoms with E-state index in [-0.39, 0.29) is 5.91 Å². The van der Waals surface area contributed by atoms with E-state index in [1.807, 2.05) is 13.0 Å². The van der Waals surface area contributed by atoms with Gasteiger partial charge >= 0.3 is 0 Å². The minimum atomic E-state index is -0.0618. The number of halogens is 2. The Kier molecular flexibility index (Phi) is 6.34. The highest BCUT2D eigenvalue weighted by Gasteiger charge is 2.10. The Bertz CT molecular complexity index is 337. The molecule has 6 heteroatoms. The monoisotopic (exact) mass is 325 g/mol. The second kappa shape index (κ2) is 7.27. The molecular weight excluding hydrogens is 314 g/mol. The van der Waals surface area contributed by atoms with Crippen molar-refractivity contribution < 1.29 is 9.53 Å². The molecular formula is C10H13BrClNO2S. The zero-order valence-corrected chi connectivity index (χ0v) is 12.0. The van der Waals surface area contributed by atoms with Gasteiger partial charge in [0.2, 0.25) is 0 Å². The van der Waals surface area contributed by atoms with Crippen LogP contribution in [0.25, 0.3) is 0 Å². The van der Waals surface area contributed by atoms with Gasteiger partial charge in [-0.3, -0.25) is 4.79 Å². The van der Waals surface area contributed by atoms with Crippen molar-refractivity contribution in [2.24, 2.45) is 0 Å². The molecule has 0 saturated carbocycles. The zero-order valence-electron chi connectivity index (χ0n) is 8.89. The van der Waals surface area contributed by atoms with Crippen LogP contribution in [0, 0.1) is 6.92 Å². The molecule has 0 atom stereocenters. The molecule has 0 aromatic carbocycles. The summed E-state index contributed by atoms with van der Waals surface area (Å²) >= 11 is 10.3. The zero-order chi connectivity index (χ0) is 12.0. The lowest BCUT2D eigenvalue weighted by Gasteiger charge is -2.03. The number of ether oxygens (including phenoxy) is 1. The van der Waals surface area contributed by atoms with Crippen molar-refractivity contribution >= 4 is 44.8 Å². The van der Waals surface area contributed by atoms with Crippen molar-refractivity contribution in [1.29, 1.82) is 0 Å². The van der Waals surface area contributed by atoms with E-state index in [0.29, 0.717) is 30.5 Å². The first-order valence-electron chi connectivity index (χ1n) is 4.83. The van der Waals surface area contributed by atoms with Crippen LogP contribution in [-0.2, 0) is 4.74 Å². The number of alkyl halides is 1. The van der Waals surface area contributed by atoms with Crippen molar-refractivity contribution in [3.63, 3.8) is 0 Å². The molecule has 1 heterocycles. The minimum absolute atomic E-state index is 0.0618. The second-order valence-electron chi connectivity index (χ2n) is 3.12. The molecule has 1 N–H and O–H groups in total. The molecule has 0 aliphatic rings. The van der Waals surface area contributed by atoms with Gasteiger partial charge in [-0.05, 0) is 34.5 Å². The van der Waals surface area contributed by atoms with Crippen LogP contribution in [-0.4, -0.2) is 31.5 Å². The molecule has 90 valence electrons. The second-order valence-corrected chi connectivity index (χ2v) is 5.87. The summed E-state index contributed by atoms with van der Waals surface area (Å²) in [7, 11) is 0. The molecule has 1 rings (SSSR count). The number of thiophene rings is 1. The van der Waals surface area contributed by atoms with Gasteiger partial charge in [0.05, 0.1) is 21.9 Å². The Morgan fingerprint density at radius 3 is 2.94 bits per heavy atom. The summed E-state index contributed by atoms with van der Waals surface area (Å²) in [6.07, 6.45) is 0. The average Bonchev–Trinajstić information content (AvgIpc) is 2.59. The number of carbonyl (C=O) groups is 1. The van der Waals surface area contributed by atoms with Crippen LogP contribution < -0.4 is 5.32 Å². The highest BCUT2D eigenvalue weighted by molar-refractivity contribution is 9.11. The first-order chi connectivity index (χ1) is 7.65. The molecule has 1 amide bonds. The third-order valence-electron chi connectivity index (χ3n) is 1.83. The minimum Gasteiger partial charge on any atom is -0.378 e. The fourth-order valence-electron chi connectivity index (χ4n) is 1.05. The number of hydrogen-bond donors (Lipinski definition) is 1. The molecule has 0 unspecified atom stereocenters. The first-order valence-corrected chi connectivity index (χ1v) is 6.97. The van der Waals surface area contributed by atoms with Crippen LogP contribution in [0.4, 0.5) is 0 Å². The maximum atomic E-state index is 11.6. The molecule has 1 aromatic heterocycles. The SMILES string of the molecule is Cc1cc(C(=O)NCCOCCCl)sc1Br. The van der Waals surface area contributed by atoms with Crippen LogP contribution in [0.15, 0.2) is 9.85 Å². The molecule has 0 aliphatic heterocycles. The van der Waals surface area contributed by atoms with Crippen LogP contribution in [0.2, 0.25) is 0 Å². The van der Waals surface area contributed by atoms with E-state index in [1.54, 1.807) is 0 Å². The third-order valence-corrected chi connectivity index (χ3v) is 4.12. The summed E-state index contributed by atoms with van der Waals surface area (Å²) in [5.74, 6) is 0.415. The lowest BCUT2D eigenvalue weighted by Crippen LogP contribution is -2.26. The molecule has 0 spiro atoms. The summed E-state index contributed by atoms with van der Waals surface area (Å²) in [6.45, 7) is 3.47. The molecule has 0 aliphatic carbocycles. The number of rotatable bonds is 6. The third kappa shape index (κ3) is 4.41. The molecule has 0 radical (unpaired) electrons. The smallest absolute Gasteiger partial charge is 0.261 e. The van der Waals surface area contributed by atoms with Gasteiger partial charge in [-0.2, -0.15) is 0 Å². The van der Waals surface area contributed by atoms with E-state index in [9.17, 15) is 4.79 Å². The fourth-order valence-corrected chi connectivity index (χ4v) is 2.61. The number of hydrogen-bond acceptors (Lipinski definition) is 3. The Labute approximate surface area is 112 Å². The van der Waals surface area contributed by atoms with E-state index in [1.165, 1.54) is 11.3 Å². The molecule has 1 aromatic rings. The summed E-state index contributed by atoms with van der Waals surface area (Å²) in [5, 5.41) is 2.78. The van der Waals surface area contributed by atoms with Crippen molar-refractivity contribution in [3.8, 4) is 0 Å². The van der Waals surface area contributed by atoms with Gasteiger partial charge in [0.25, 0.3) is 5.91 Å². The van der Waals surface area contributed by atoms with Gasteiger partial charge in [-0.1, -0.05) is 0 Å². The van der Waals surface area contributed by atoms with Crippen molar-refractivity contribution in [3.05, 3.63) is 20.3 Å². The van der Waals surface area contributed by atoms with Gasteiger partial charge in [0.1, 0.15) is 0 Å². The predicted molar refractivity (Wildman–Crippen MR) is 70.6 cm³/mol. The Morgan fingerprint density at radius 2 is 2.38 bits per heavy atom. The van der Waals surface area contributed by atoms with Crippen molar-refractivity contribution in [2.75, 3.05) is 25.6 Å². The molecule has 0 saturated heterocycles. The highest BCUT2D eigenvalue weighted by Crippen LogP contribution is 2.26. The number of carbonyl (C=O) groups excluding carboxylic acids is 1. The van der Waals surface area contributed by atoms with Crippen molar-refractivity contribution in [2.45, 2.75) is 6.92 Å². The Morgan fingerprint density at radius 1 is 1.62 bits per heavy atom. The van der Waals surface area contributed by atoms with E-state index in [0.717, 1.165) is 9.35 Å². The van der Waals surface area contributed by atoms with E-state index in [4.69, 9.17) is 16.3 Å². The topological polar surface area (TPSA) is 38.3 Å². The standard InChI is InChI=1S/C10H13BrClNO2S/c1-7-6-8(16-9(7)11)10(14)13-3-5-15-4-2-12/h6H,2-5H2,1H3,(H,13,14). The number of aryl methyl sites for hydroxylation is 1. The maximum absolute atomic E-state index is 11.6. The van der Waals surface area contributed by atoms with Gasteiger partial charge in [-0.25, -0.2) is 0 Å². The molecule has 3 nitrogen and oxygen atoms in total. The number of nitrogens with one attached hydrogen (secondary N) is 1. The van der Waals surface area contributed by atoms with Crippen molar-refractivity contribution in [1.82, 2.24) is 5.32 Å².